The smallest absolute Gasteiger partial charge is 0.253 e. The van der Waals surface area contributed by atoms with Crippen LogP contribution in [0.1, 0.15) is 35.1 Å². The molecule has 0 unspecified atom stereocenters. The summed E-state index contributed by atoms with van der Waals surface area (Å²) in [5, 5.41) is 3.15. The Balaban J connectivity index is 1.33. The van der Waals surface area contributed by atoms with Crippen molar-refractivity contribution >= 4 is 17.5 Å². The summed E-state index contributed by atoms with van der Waals surface area (Å²) < 4.78 is 17.0. The molecule has 2 aliphatic heterocycles. The Labute approximate surface area is 211 Å². The van der Waals surface area contributed by atoms with Crippen LogP contribution in [0.15, 0.2) is 36.7 Å². The van der Waals surface area contributed by atoms with Gasteiger partial charge in [0.1, 0.15) is 11.5 Å². The Morgan fingerprint density at radius 2 is 1.61 bits per heavy atom. The van der Waals surface area contributed by atoms with E-state index in [9.17, 15) is 9.18 Å². The summed E-state index contributed by atoms with van der Waals surface area (Å²) in [6.07, 6.45) is 4.86. The summed E-state index contributed by atoms with van der Waals surface area (Å²) in [4.78, 5) is 32.3. The van der Waals surface area contributed by atoms with E-state index in [1.807, 2.05) is 24.0 Å². The molecular formula is C26H33FN8O. The number of likely N-dealkylation sites (N-methyl/N-ethyl adjacent to an activating group) is 1. The Morgan fingerprint density at radius 3 is 2.31 bits per heavy atom. The topological polar surface area (TPSA) is 82.4 Å². The van der Waals surface area contributed by atoms with E-state index >= 15 is 0 Å². The van der Waals surface area contributed by atoms with E-state index in [1.165, 1.54) is 6.20 Å². The normalized spacial score (nSPS) is 17.9. The third-order valence-electron chi connectivity index (χ3n) is 7.20. The highest BCUT2D eigenvalue weighted by Crippen LogP contribution is 2.31. The van der Waals surface area contributed by atoms with Gasteiger partial charge in [0, 0.05) is 43.5 Å². The fourth-order valence-electron chi connectivity index (χ4n) is 4.97. The molecule has 36 heavy (non-hydrogen) atoms. The second-order valence-corrected chi connectivity index (χ2v) is 9.78. The van der Waals surface area contributed by atoms with Gasteiger partial charge in [-0.3, -0.25) is 4.79 Å². The second kappa shape index (κ2) is 10.3. The molecule has 2 aliphatic rings. The number of hydrogen-bond donors (Lipinski definition) is 1. The number of nitrogens with one attached hydrogen (secondary N) is 1. The van der Waals surface area contributed by atoms with Gasteiger partial charge in [-0.05, 0) is 71.2 Å². The van der Waals surface area contributed by atoms with E-state index in [-0.39, 0.29) is 17.6 Å². The third-order valence-corrected chi connectivity index (χ3v) is 7.20. The number of aromatic nitrogens is 4. The fourth-order valence-corrected chi connectivity index (χ4v) is 4.97. The monoisotopic (exact) mass is 492 g/mol. The fraction of sp³-hybridized carbons (Fsp3) is 0.462. The van der Waals surface area contributed by atoms with Crippen LogP contribution in [0.5, 0.6) is 0 Å². The van der Waals surface area contributed by atoms with Gasteiger partial charge in [-0.25, -0.2) is 19.3 Å². The zero-order valence-electron chi connectivity index (χ0n) is 21.1. The predicted octanol–water partition coefficient (Wildman–Crippen LogP) is 3.19. The van der Waals surface area contributed by atoms with E-state index in [0.29, 0.717) is 17.2 Å². The van der Waals surface area contributed by atoms with Crippen LogP contribution in [-0.4, -0.2) is 93.5 Å². The number of rotatable bonds is 5. The van der Waals surface area contributed by atoms with E-state index in [2.05, 4.69) is 48.7 Å². The van der Waals surface area contributed by atoms with Crippen LogP contribution in [0.25, 0.3) is 11.4 Å². The molecule has 1 N–H and O–H groups in total. The maximum absolute atomic E-state index is 14.9. The van der Waals surface area contributed by atoms with Crippen molar-refractivity contribution in [2.45, 2.75) is 25.8 Å². The van der Waals surface area contributed by atoms with Crippen LogP contribution in [0, 0.1) is 12.7 Å². The molecule has 0 atom stereocenters. The van der Waals surface area contributed by atoms with Gasteiger partial charge in [0.25, 0.3) is 5.91 Å². The first-order valence-corrected chi connectivity index (χ1v) is 12.5. The summed E-state index contributed by atoms with van der Waals surface area (Å²) in [7, 11) is 4.18. The van der Waals surface area contributed by atoms with Crippen LogP contribution in [0.2, 0.25) is 0 Å². The van der Waals surface area contributed by atoms with Crippen molar-refractivity contribution in [3.05, 3.63) is 53.9 Å². The SMILES string of the molecule is Cc1ncc(-c2nc(Nc3ccc(C(=O)N4CCN(C)CC4)cc3)ncc2F)n1C1CCN(C)CC1. The summed E-state index contributed by atoms with van der Waals surface area (Å²) in [6, 6.07) is 7.50. The number of benzene rings is 1. The Bertz CT molecular complexity index is 1210. The number of likely N-dealkylation sites (tertiary alicyclic amines) is 1. The molecule has 9 nitrogen and oxygen atoms in total. The molecular weight excluding hydrogens is 459 g/mol. The minimum absolute atomic E-state index is 0.0347. The van der Waals surface area contributed by atoms with E-state index in [4.69, 9.17) is 0 Å². The zero-order chi connectivity index (χ0) is 25.2. The Morgan fingerprint density at radius 1 is 0.944 bits per heavy atom. The molecule has 1 amide bonds. The highest BCUT2D eigenvalue weighted by Gasteiger charge is 2.25. The summed E-state index contributed by atoms with van der Waals surface area (Å²) in [5.74, 6) is 0.696. The Hall–Kier alpha value is -3.37. The maximum atomic E-state index is 14.9. The number of imidazole rings is 1. The maximum Gasteiger partial charge on any atom is 0.253 e. The van der Waals surface area contributed by atoms with Gasteiger partial charge in [-0.2, -0.15) is 0 Å². The molecule has 10 heteroatoms. The number of anilines is 2. The highest BCUT2D eigenvalue weighted by atomic mass is 19.1. The van der Waals surface area contributed by atoms with Crippen LogP contribution >= 0.6 is 0 Å². The lowest BCUT2D eigenvalue weighted by Crippen LogP contribution is -2.47. The number of hydrogen-bond acceptors (Lipinski definition) is 7. The number of nitrogens with zero attached hydrogens (tertiary/aromatic N) is 7. The molecule has 0 saturated carbocycles. The van der Waals surface area contributed by atoms with E-state index < -0.39 is 5.82 Å². The second-order valence-electron chi connectivity index (χ2n) is 9.78. The third kappa shape index (κ3) is 5.10. The van der Waals surface area contributed by atoms with Gasteiger partial charge >= 0.3 is 0 Å². The van der Waals surface area contributed by atoms with Crippen molar-refractivity contribution in [2.24, 2.45) is 0 Å². The number of carbonyl (C=O) groups excluding carboxylic acids is 1. The number of piperidine rings is 1. The van der Waals surface area contributed by atoms with Gasteiger partial charge in [0.15, 0.2) is 5.82 Å². The van der Waals surface area contributed by atoms with Crippen molar-refractivity contribution in [3.63, 3.8) is 0 Å². The van der Waals surface area contributed by atoms with Gasteiger partial charge in [0.05, 0.1) is 18.1 Å². The number of halogens is 1. The lowest BCUT2D eigenvalue weighted by Gasteiger charge is -2.32. The van der Waals surface area contributed by atoms with Crippen molar-refractivity contribution in [3.8, 4) is 11.4 Å². The quantitative estimate of drug-likeness (QED) is 0.586. The summed E-state index contributed by atoms with van der Waals surface area (Å²) in [5.41, 5.74) is 2.26. The molecule has 4 heterocycles. The molecule has 3 aromatic rings. The number of piperazine rings is 1. The molecule has 1 aromatic carbocycles. The minimum Gasteiger partial charge on any atom is -0.336 e. The van der Waals surface area contributed by atoms with Gasteiger partial charge in [-0.15, -0.1) is 0 Å². The number of carbonyl (C=O) groups is 1. The molecule has 2 aromatic heterocycles. The average Bonchev–Trinajstić information content (AvgIpc) is 3.27. The number of amides is 1. The predicted molar refractivity (Wildman–Crippen MR) is 137 cm³/mol. The molecule has 0 aliphatic carbocycles. The average molecular weight is 493 g/mol. The molecule has 0 spiro atoms. The lowest BCUT2D eigenvalue weighted by atomic mass is 10.0. The first kappa shape index (κ1) is 24.3. The van der Waals surface area contributed by atoms with Crippen molar-refractivity contribution in [1.82, 2.24) is 34.2 Å². The minimum atomic E-state index is -0.484. The standard InChI is InChI=1S/C26H33FN8O/c1-18-28-17-23(35(18)21-8-10-32(2)11-9-21)24-22(27)16-29-26(31-24)30-20-6-4-19(5-7-20)25(36)34-14-12-33(3)13-15-34/h4-7,16-17,21H,8-15H2,1-3H3,(H,29,30,31). The Kier molecular flexibility index (Phi) is 6.97. The van der Waals surface area contributed by atoms with Crippen molar-refractivity contribution < 1.29 is 9.18 Å². The lowest BCUT2D eigenvalue weighted by molar-refractivity contribution is 0.0664. The van der Waals surface area contributed by atoms with Gasteiger partial charge in [0.2, 0.25) is 5.95 Å². The molecule has 0 bridgehead atoms. The largest absolute Gasteiger partial charge is 0.336 e. The molecule has 2 fully saturated rings. The van der Waals surface area contributed by atoms with Crippen molar-refractivity contribution in [1.29, 1.82) is 0 Å². The van der Waals surface area contributed by atoms with Crippen LogP contribution in [0.3, 0.4) is 0 Å². The molecule has 2 saturated heterocycles. The zero-order valence-corrected chi connectivity index (χ0v) is 21.1. The van der Waals surface area contributed by atoms with Gasteiger partial charge < -0.3 is 24.6 Å². The first-order valence-electron chi connectivity index (χ1n) is 12.5. The number of aryl methyl sites for hydroxylation is 1. The summed E-state index contributed by atoms with van der Waals surface area (Å²) >= 11 is 0. The highest BCUT2D eigenvalue weighted by molar-refractivity contribution is 5.94. The van der Waals surface area contributed by atoms with Crippen LogP contribution < -0.4 is 5.32 Å². The summed E-state index contributed by atoms with van der Waals surface area (Å²) in [6.45, 7) is 7.16. The van der Waals surface area contributed by atoms with Gasteiger partial charge in [-0.1, -0.05) is 0 Å². The van der Waals surface area contributed by atoms with Crippen LogP contribution in [-0.2, 0) is 0 Å². The molecule has 5 rings (SSSR count). The molecule has 0 radical (unpaired) electrons. The van der Waals surface area contributed by atoms with Crippen molar-refractivity contribution in [2.75, 3.05) is 58.7 Å². The first-order chi connectivity index (χ1) is 17.4. The van der Waals surface area contributed by atoms with Crippen LogP contribution in [0.4, 0.5) is 16.0 Å². The van der Waals surface area contributed by atoms with E-state index in [1.54, 1.807) is 18.3 Å². The molecule has 190 valence electrons. The van der Waals surface area contributed by atoms with E-state index in [0.717, 1.165) is 63.6 Å².